The number of aliphatic hydroxyl groups is 1. The second-order valence-electron chi connectivity index (χ2n) is 4.44. The molecule has 2 aromatic heterocycles. The Morgan fingerprint density at radius 3 is 2.74 bits per heavy atom. The van der Waals surface area contributed by atoms with Crippen molar-refractivity contribution in [3.8, 4) is 0 Å². The predicted molar refractivity (Wildman–Crippen MR) is 79.0 cm³/mol. The van der Waals surface area contributed by atoms with Crippen LogP contribution in [0.5, 0.6) is 0 Å². The van der Waals surface area contributed by atoms with Gasteiger partial charge >= 0.3 is 0 Å². The zero-order chi connectivity index (χ0) is 14.0. The largest absolute Gasteiger partial charge is 0.465 e. The van der Waals surface area contributed by atoms with Gasteiger partial charge in [-0.25, -0.2) is 0 Å². The van der Waals surface area contributed by atoms with Crippen LogP contribution in [0.1, 0.15) is 17.6 Å². The molecular weight excluding hydrogens is 378 g/mol. The van der Waals surface area contributed by atoms with E-state index in [0.29, 0.717) is 18.0 Å². The minimum Gasteiger partial charge on any atom is -0.465 e. The number of furan rings is 1. The summed E-state index contributed by atoms with van der Waals surface area (Å²) in [6.07, 6.45) is 2.37. The van der Waals surface area contributed by atoms with Crippen LogP contribution in [0.4, 0.5) is 0 Å². The first-order valence-electron chi connectivity index (χ1n) is 5.77. The Morgan fingerprint density at radius 2 is 2.16 bits per heavy atom. The zero-order valence-corrected chi connectivity index (χ0v) is 13.8. The molecule has 2 rings (SSSR count). The van der Waals surface area contributed by atoms with Crippen LogP contribution in [-0.4, -0.2) is 40.4 Å². The van der Waals surface area contributed by atoms with E-state index in [1.807, 2.05) is 14.1 Å². The fourth-order valence-corrected chi connectivity index (χ4v) is 2.67. The van der Waals surface area contributed by atoms with Crippen molar-refractivity contribution in [2.75, 3.05) is 20.6 Å². The topological polar surface area (TPSA) is 54.4 Å². The Morgan fingerprint density at radius 1 is 1.42 bits per heavy atom. The number of hydrogen-bond donors (Lipinski definition) is 1. The molecule has 19 heavy (non-hydrogen) atoms. The minimum absolute atomic E-state index is 0.479. The van der Waals surface area contributed by atoms with Gasteiger partial charge in [0.15, 0.2) is 11.9 Å². The minimum atomic E-state index is -0.858. The Balaban J connectivity index is 2.28. The Labute approximate surface area is 128 Å². The monoisotopic (exact) mass is 391 g/mol. The quantitative estimate of drug-likeness (QED) is 0.849. The van der Waals surface area contributed by atoms with Crippen LogP contribution in [-0.2, 0) is 6.54 Å². The van der Waals surface area contributed by atoms with Gasteiger partial charge in [-0.2, -0.15) is 5.10 Å². The van der Waals surface area contributed by atoms with E-state index in [-0.39, 0.29) is 0 Å². The maximum atomic E-state index is 10.4. The summed E-state index contributed by atoms with van der Waals surface area (Å²) in [5, 5.41) is 14.7. The van der Waals surface area contributed by atoms with Crippen molar-refractivity contribution in [1.82, 2.24) is 14.7 Å². The molecule has 0 amide bonds. The van der Waals surface area contributed by atoms with Crippen LogP contribution in [0.15, 0.2) is 31.9 Å². The first kappa shape index (κ1) is 14.8. The number of aromatic nitrogens is 2. The van der Waals surface area contributed by atoms with E-state index in [1.165, 1.54) is 6.26 Å². The lowest BCUT2D eigenvalue weighted by molar-refractivity contribution is 0.175. The average molecular weight is 393 g/mol. The molecule has 0 aliphatic carbocycles. The third-order valence-electron chi connectivity index (χ3n) is 2.74. The van der Waals surface area contributed by atoms with Crippen LogP contribution in [0.2, 0.25) is 0 Å². The van der Waals surface area contributed by atoms with Crippen molar-refractivity contribution in [2.24, 2.45) is 0 Å². The van der Waals surface area contributed by atoms with Crippen LogP contribution in [0.3, 0.4) is 0 Å². The molecule has 0 aliphatic heterocycles. The molecule has 0 aliphatic rings. The molecule has 1 unspecified atom stereocenters. The van der Waals surface area contributed by atoms with Crippen molar-refractivity contribution < 1.29 is 9.52 Å². The highest BCUT2D eigenvalue weighted by Crippen LogP contribution is 2.33. The molecule has 0 saturated carbocycles. The van der Waals surface area contributed by atoms with E-state index in [4.69, 9.17) is 4.42 Å². The fourth-order valence-electron chi connectivity index (χ4n) is 1.74. The Bertz CT molecular complexity index is 551. The molecule has 2 aromatic rings. The van der Waals surface area contributed by atoms with Crippen molar-refractivity contribution in [3.05, 3.63) is 38.9 Å². The number of halogens is 2. The molecular formula is C12H15Br2N3O2. The highest BCUT2D eigenvalue weighted by atomic mass is 79.9. The summed E-state index contributed by atoms with van der Waals surface area (Å²) in [5.74, 6) is 0.479. The summed E-state index contributed by atoms with van der Waals surface area (Å²) in [7, 11) is 4.00. The maximum absolute atomic E-state index is 10.4. The van der Waals surface area contributed by atoms with Crippen LogP contribution >= 0.6 is 31.9 Å². The number of likely N-dealkylation sites (N-methyl/N-ethyl adjacent to an activating group) is 1. The highest BCUT2D eigenvalue weighted by molar-refractivity contribution is 9.10. The van der Waals surface area contributed by atoms with Gasteiger partial charge in [-0.1, -0.05) is 0 Å². The molecule has 2 heterocycles. The molecule has 7 heteroatoms. The molecule has 5 nitrogen and oxygen atoms in total. The highest BCUT2D eigenvalue weighted by Gasteiger charge is 2.24. The van der Waals surface area contributed by atoms with Gasteiger partial charge in [0.1, 0.15) is 0 Å². The summed E-state index contributed by atoms with van der Waals surface area (Å²) in [6.45, 7) is 1.54. The Kier molecular flexibility index (Phi) is 4.83. The third kappa shape index (κ3) is 3.28. The van der Waals surface area contributed by atoms with E-state index in [0.717, 1.165) is 15.5 Å². The summed E-state index contributed by atoms with van der Waals surface area (Å²) >= 11 is 6.78. The molecule has 0 bridgehead atoms. The van der Waals surface area contributed by atoms with Gasteiger partial charge in [0.25, 0.3) is 0 Å². The fraction of sp³-hybridized carbons (Fsp3) is 0.417. The van der Waals surface area contributed by atoms with Gasteiger partial charge in [-0.05, 0) is 52.0 Å². The predicted octanol–water partition coefficient (Wildman–Crippen LogP) is 2.64. The summed E-state index contributed by atoms with van der Waals surface area (Å²) in [5.41, 5.74) is 0.692. The lowest BCUT2D eigenvalue weighted by Crippen LogP contribution is -2.21. The molecule has 1 N–H and O–H groups in total. The number of nitrogens with zero attached hydrogens (tertiary/aromatic N) is 3. The summed E-state index contributed by atoms with van der Waals surface area (Å²) in [4.78, 5) is 2.06. The summed E-state index contributed by atoms with van der Waals surface area (Å²) < 4.78 is 8.61. The molecule has 0 saturated heterocycles. The second-order valence-corrected chi connectivity index (χ2v) is 6.15. The zero-order valence-electron chi connectivity index (χ0n) is 10.7. The molecule has 0 spiro atoms. The number of rotatable bonds is 5. The normalized spacial score (nSPS) is 13.2. The number of aliphatic hydroxyl groups excluding tert-OH is 1. The lowest BCUT2D eigenvalue weighted by atomic mass is 10.2. The van der Waals surface area contributed by atoms with Gasteiger partial charge in [0, 0.05) is 6.54 Å². The standard InChI is InChI=1S/C12H15Br2N3O2/c1-16(2)4-5-17-10(9(14)7-15-17)11(18)12-8(13)3-6-19-12/h3,6-7,11,18H,4-5H2,1-2H3. The summed E-state index contributed by atoms with van der Waals surface area (Å²) in [6, 6.07) is 1.76. The Hall–Kier alpha value is -0.630. The first-order valence-corrected chi connectivity index (χ1v) is 7.36. The van der Waals surface area contributed by atoms with E-state index in [1.54, 1.807) is 16.9 Å². The van der Waals surface area contributed by atoms with E-state index in [2.05, 4.69) is 41.9 Å². The SMILES string of the molecule is CN(C)CCn1ncc(Br)c1C(O)c1occc1Br. The lowest BCUT2D eigenvalue weighted by Gasteiger charge is -2.15. The van der Waals surface area contributed by atoms with E-state index in [9.17, 15) is 5.11 Å². The second kappa shape index (κ2) is 6.21. The molecule has 104 valence electrons. The van der Waals surface area contributed by atoms with E-state index >= 15 is 0 Å². The van der Waals surface area contributed by atoms with Gasteiger partial charge < -0.3 is 14.4 Å². The van der Waals surface area contributed by atoms with Crippen molar-refractivity contribution in [2.45, 2.75) is 12.6 Å². The van der Waals surface area contributed by atoms with Gasteiger partial charge in [0.05, 0.1) is 33.6 Å². The van der Waals surface area contributed by atoms with Gasteiger partial charge in [-0.3, -0.25) is 4.68 Å². The maximum Gasteiger partial charge on any atom is 0.155 e. The third-order valence-corrected chi connectivity index (χ3v) is 4.01. The van der Waals surface area contributed by atoms with E-state index < -0.39 is 6.10 Å². The smallest absolute Gasteiger partial charge is 0.155 e. The van der Waals surface area contributed by atoms with Crippen molar-refractivity contribution >= 4 is 31.9 Å². The average Bonchev–Trinajstić information content (AvgIpc) is 2.92. The van der Waals surface area contributed by atoms with Crippen molar-refractivity contribution in [1.29, 1.82) is 0 Å². The van der Waals surface area contributed by atoms with Crippen molar-refractivity contribution in [3.63, 3.8) is 0 Å². The van der Waals surface area contributed by atoms with Crippen LogP contribution in [0, 0.1) is 0 Å². The van der Waals surface area contributed by atoms with Crippen LogP contribution in [0.25, 0.3) is 0 Å². The molecule has 0 radical (unpaired) electrons. The molecule has 0 fully saturated rings. The molecule has 0 aromatic carbocycles. The first-order chi connectivity index (χ1) is 9.00. The van der Waals surface area contributed by atoms with Gasteiger partial charge in [-0.15, -0.1) is 0 Å². The number of hydrogen-bond acceptors (Lipinski definition) is 4. The molecule has 1 atom stereocenters. The van der Waals surface area contributed by atoms with Gasteiger partial charge in [0.2, 0.25) is 0 Å². The van der Waals surface area contributed by atoms with Crippen LogP contribution < -0.4 is 0 Å².